The fourth-order valence-corrected chi connectivity index (χ4v) is 7.74. The Balaban J connectivity index is 2.25. The highest BCUT2D eigenvalue weighted by Gasteiger charge is 2.16. The van der Waals surface area contributed by atoms with Crippen molar-refractivity contribution in [2.24, 2.45) is 0 Å². The zero-order valence-electron chi connectivity index (χ0n) is 33.8. The quantitative estimate of drug-likeness (QED) is 0.0485. The molecule has 0 radical (unpaired) electrons. The number of aryl methyl sites for hydroxylation is 2. The molecule has 0 unspecified atom stereocenters. The predicted molar refractivity (Wildman–Crippen MR) is 216 cm³/mol. The van der Waals surface area contributed by atoms with Crippen LogP contribution in [-0.2, 0) is 19.5 Å². The second-order valence-electron chi connectivity index (χ2n) is 15.9. The summed E-state index contributed by atoms with van der Waals surface area (Å²) in [7, 11) is 0. The van der Waals surface area contributed by atoms with E-state index in [1.165, 1.54) is 257 Å². The van der Waals surface area contributed by atoms with Gasteiger partial charge in [-0.15, -0.1) is 0 Å². The van der Waals surface area contributed by atoms with Gasteiger partial charge >= 0.3 is 0 Å². The van der Waals surface area contributed by atoms with Gasteiger partial charge < -0.3 is 0 Å². The Hall–Kier alpha value is -0.790. The van der Waals surface area contributed by atoms with Crippen LogP contribution in [-0.4, -0.2) is 4.57 Å². The topological polar surface area (TPSA) is 8.81 Å². The van der Waals surface area contributed by atoms with Crippen molar-refractivity contribution in [1.29, 1.82) is 0 Å². The molecule has 0 spiro atoms. The summed E-state index contributed by atoms with van der Waals surface area (Å²) >= 11 is 0. The van der Waals surface area contributed by atoms with Gasteiger partial charge in [-0.25, -0.2) is 9.13 Å². The molecule has 0 aliphatic rings. The maximum atomic E-state index is 2.65. The zero-order chi connectivity index (χ0) is 34.4. The van der Waals surface area contributed by atoms with E-state index in [9.17, 15) is 0 Å². The first-order chi connectivity index (χ1) is 23.8. The fourth-order valence-electron chi connectivity index (χ4n) is 7.74. The van der Waals surface area contributed by atoms with Crippen molar-refractivity contribution in [3.8, 4) is 0 Å². The standard InChI is InChI=1S/C46H91N2/c1-4-7-10-13-16-19-22-23-24-25-26-28-31-34-37-40-43-48-45-44-47(42-39-36-33-30-27-20-17-14-11-8-5-2)46(48)41-38-35-32-29-21-18-15-12-9-6-3/h44-45H,4-43H2,1-3H3/q+1. The van der Waals surface area contributed by atoms with Crippen molar-refractivity contribution >= 4 is 0 Å². The molecule has 1 aromatic heterocycles. The predicted octanol–water partition coefficient (Wildman–Crippen LogP) is 15.8. The lowest BCUT2D eigenvalue weighted by Gasteiger charge is -2.07. The number of aromatic nitrogens is 2. The van der Waals surface area contributed by atoms with Crippen molar-refractivity contribution in [3.05, 3.63) is 18.2 Å². The Morgan fingerprint density at radius 2 is 0.646 bits per heavy atom. The van der Waals surface area contributed by atoms with E-state index in [1.54, 1.807) is 5.82 Å². The van der Waals surface area contributed by atoms with Gasteiger partial charge in [0.05, 0.1) is 13.1 Å². The molecule has 0 saturated carbocycles. The molecule has 1 rings (SSSR count). The minimum Gasteiger partial charge on any atom is -0.234 e. The van der Waals surface area contributed by atoms with Crippen LogP contribution >= 0.6 is 0 Å². The molecule has 0 N–H and O–H groups in total. The van der Waals surface area contributed by atoms with Crippen LogP contribution in [0.25, 0.3) is 0 Å². The van der Waals surface area contributed by atoms with Gasteiger partial charge in [0.15, 0.2) is 0 Å². The number of imidazole rings is 1. The van der Waals surface area contributed by atoms with Gasteiger partial charge in [0.25, 0.3) is 5.82 Å². The highest BCUT2D eigenvalue weighted by atomic mass is 15.1. The van der Waals surface area contributed by atoms with E-state index in [4.69, 9.17) is 0 Å². The summed E-state index contributed by atoms with van der Waals surface area (Å²) in [6.07, 6.45) is 59.3. The van der Waals surface area contributed by atoms with Gasteiger partial charge in [-0.1, -0.05) is 226 Å². The van der Waals surface area contributed by atoms with Gasteiger partial charge in [0.2, 0.25) is 0 Å². The van der Waals surface area contributed by atoms with Crippen molar-refractivity contribution in [2.75, 3.05) is 0 Å². The summed E-state index contributed by atoms with van der Waals surface area (Å²) in [6, 6.07) is 0. The maximum Gasteiger partial charge on any atom is 0.256 e. The maximum absolute atomic E-state index is 2.65. The Kier molecular flexibility index (Phi) is 35.3. The van der Waals surface area contributed by atoms with E-state index in [2.05, 4.69) is 42.3 Å². The summed E-state index contributed by atoms with van der Waals surface area (Å²) in [6.45, 7) is 9.41. The van der Waals surface area contributed by atoms with E-state index in [0.717, 1.165) is 0 Å². The number of nitrogens with zero attached hydrogens (tertiary/aromatic N) is 2. The third kappa shape index (κ3) is 29.0. The lowest BCUT2D eigenvalue weighted by molar-refractivity contribution is -0.704. The second kappa shape index (κ2) is 37.5. The molecule has 0 amide bonds. The monoisotopic (exact) mass is 672 g/mol. The second-order valence-corrected chi connectivity index (χ2v) is 15.9. The van der Waals surface area contributed by atoms with E-state index < -0.39 is 0 Å². The molecule has 2 heteroatoms. The summed E-state index contributed by atoms with van der Waals surface area (Å²) < 4.78 is 5.30. The van der Waals surface area contributed by atoms with Crippen LogP contribution in [0, 0.1) is 0 Å². The Morgan fingerprint density at radius 3 is 1.00 bits per heavy atom. The first-order valence-electron chi connectivity index (χ1n) is 22.9. The number of rotatable bonds is 40. The molecular formula is C46H91N2+. The third-order valence-electron chi connectivity index (χ3n) is 11.1. The summed E-state index contributed by atoms with van der Waals surface area (Å²) in [5, 5.41) is 0. The molecule has 0 fully saturated rings. The number of hydrogen-bond acceptors (Lipinski definition) is 0. The van der Waals surface area contributed by atoms with Gasteiger partial charge in [-0.3, -0.25) is 0 Å². The van der Waals surface area contributed by atoms with Crippen LogP contribution in [0.5, 0.6) is 0 Å². The molecule has 0 aliphatic heterocycles. The van der Waals surface area contributed by atoms with Crippen molar-refractivity contribution in [3.63, 3.8) is 0 Å². The molecule has 0 bridgehead atoms. The highest BCUT2D eigenvalue weighted by molar-refractivity contribution is 4.84. The largest absolute Gasteiger partial charge is 0.256 e. The Morgan fingerprint density at radius 1 is 0.354 bits per heavy atom. The summed E-state index contributed by atoms with van der Waals surface area (Å²) in [4.78, 5) is 0. The molecule has 2 nitrogen and oxygen atoms in total. The van der Waals surface area contributed by atoms with Gasteiger partial charge in [-0.05, 0) is 32.1 Å². The molecule has 1 heterocycles. The van der Waals surface area contributed by atoms with E-state index in [-0.39, 0.29) is 0 Å². The van der Waals surface area contributed by atoms with Crippen molar-refractivity contribution in [1.82, 2.24) is 4.57 Å². The minimum absolute atomic E-state index is 1.23. The first-order valence-corrected chi connectivity index (χ1v) is 22.9. The molecule has 0 aliphatic carbocycles. The van der Waals surface area contributed by atoms with Gasteiger partial charge in [0.1, 0.15) is 12.4 Å². The van der Waals surface area contributed by atoms with Crippen LogP contribution in [0.2, 0.25) is 0 Å². The number of unbranched alkanes of at least 4 members (excludes halogenated alkanes) is 34. The average Bonchev–Trinajstić information content (AvgIpc) is 3.48. The van der Waals surface area contributed by atoms with Crippen LogP contribution < -0.4 is 4.57 Å². The molecule has 1 aromatic rings. The normalized spacial score (nSPS) is 11.6. The lowest BCUT2D eigenvalue weighted by Crippen LogP contribution is -2.37. The molecular weight excluding hydrogens is 581 g/mol. The minimum atomic E-state index is 1.23. The molecule has 0 saturated heterocycles. The van der Waals surface area contributed by atoms with E-state index in [0.29, 0.717) is 0 Å². The molecule has 0 aromatic carbocycles. The van der Waals surface area contributed by atoms with E-state index >= 15 is 0 Å². The van der Waals surface area contributed by atoms with Crippen LogP contribution in [0.3, 0.4) is 0 Å². The van der Waals surface area contributed by atoms with Crippen LogP contribution in [0.1, 0.15) is 264 Å². The summed E-state index contributed by atoms with van der Waals surface area (Å²) in [5.41, 5.74) is 0. The Bertz CT molecular complexity index is 736. The average molecular weight is 672 g/mol. The lowest BCUT2D eigenvalue weighted by atomic mass is 10.0. The molecule has 284 valence electrons. The first kappa shape index (κ1) is 45.2. The third-order valence-corrected chi connectivity index (χ3v) is 11.1. The number of hydrogen-bond donors (Lipinski definition) is 0. The van der Waals surface area contributed by atoms with Crippen molar-refractivity contribution < 1.29 is 4.57 Å². The van der Waals surface area contributed by atoms with Crippen LogP contribution in [0.4, 0.5) is 0 Å². The van der Waals surface area contributed by atoms with Crippen LogP contribution in [0.15, 0.2) is 12.4 Å². The SMILES string of the molecule is CCCCCCCCCCCCCCCCCCn1cc[n+](CCCCCCCCCCCCC)c1CCCCCCCCCCCC. The fraction of sp³-hybridized carbons (Fsp3) is 0.935. The summed E-state index contributed by atoms with van der Waals surface area (Å²) in [5.74, 6) is 1.63. The Labute approximate surface area is 304 Å². The van der Waals surface area contributed by atoms with Crippen molar-refractivity contribution in [2.45, 2.75) is 278 Å². The smallest absolute Gasteiger partial charge is 0.234 e. The molecule has 0 atom stereocenters. The van der Waals surface area contributed by atoms with E-state index in [1.807, 2.05) is 0 Å². The van der Waals surface area contributed by atoms with Gasteiger partial charge in [0, 0.05) is 6.42 Å². The van der Waals surface area contributed by atoms with Gasteiger partial charge in [-0.2, -0.15) is 0 Å². The zero-order valence-corrected chi connectivity index (χ0v) is 33.8. The molecule has 48 heavy (non-hydrogen) atoms. The highest BCUT2D eigenvalue weighted by Crippen LogP contribution is 2.16.